The highest BCUT2D eigenvalue weighted by Crippen LogP contribution is 2.12. The SMILES string of the molecule is CN=C(NCc1ccsc1)N1CCN(c2ccccn2)CC1.I. The first kappa shape index (κ1) is 18.0. The quantitative estimate of drug-likeness (QED) is 0.450. The molecule has 0 bridgehead atoms. The van der Waals surface area contributed by atoms with E-state index in [1.165, 1.54) is 5.56 Å². The summed E-state index contributed by atoms with van der Waals surface area (Å²) in [5, 5.41) is 7.71. The number of piperazine rings is 1. The Labute approximate surface area is 158 Å². The van der Waals surface area contributed by atoms with Gasteiger partial charge in [-0.2, -0.15) is 11.3 Å². The molecule has 0 saturated carbocycles. The molecular weight excluding hydrogens is 421 g/mol. The molecule has 0 atom stereocenters. The molecule has 0 aromatic carbocycles. The van der Waals surface area contributed by atoms with Crippen LogP contribution >= 0.6 is 35.3 Å². The number of anilines is 1. The molecule has 0 unspecified atom stereocenters. The number of aliphatic imine (C=N–C) groups is 1. The second kappa shape index (κ2) is 9.07. The molecule has 1 N–H and O–H groups in total. The van der Waals surface area contributed by atoms with Crippen LogP contribution in [0.5, 0.6) is 0 Å². The molecular formula is C16H22IN5S. The highest BCUT2D eigenvalue weighted by atomic mass is 127. The van der Waals surface area contributed by atoms with Gasteiger partial charge in [0.25, 0.3) is 0 Å². The van der Waals surface area contributed by atoms with E-state index in [-0.39, 0.29) is 24.0 Å². The Morgan fingerprint density at radius 3 is 2.70 bits per heavy atom. The van der Waals surface area contributed by atoms with Crippen molar-refractivity contribution in [3.63, 3.8) is 0 Å². The molecule has 5 nitrogen and oxygen atoms in total. The van der Waals surface area contributed by atoms with E-state index >= 15 is 0 Å². The molecule has 1 aliphatic heterocycles. The number of halogens is 1. The number of pyridine rings is 1. The summed E-state index contributed by atoms with van der Waals surface area (Å²) in [6, 6.07) is 8.20. The Bertz CT molecular complexity index is 594. The molecule has 3 rings (SSSR count). The minimum atomic E-state index is 0. The van der Waals surface area contributed by atoms with Crippen LogP contribution in [0.1, 0.15) is 5.56 Å². The van der Waals surface area contributed by atoms with Crippen molar-refractivity contribution in [2.45, 2.75) is 6.54 Å². The second-order valence-electron chi connectivity index (χ2n) is 5.19. The molecule has 1 fully saturated rings. The number of hydrogen-bond acceptors (Lipinski definition) is 4. The molecule has 0 amide bonds. The van der Waals surface area contributed by atoms with Crippen molar-refractivity contribution in [2.24, 2.45) is 4.99 Å². The highest BCUT2D eigenvalue weighted by Gasteiger charge is 2.20. The molecule has 1 saturated heterocycles. The third-order valence-electron chi connectivity index (χ3n) is 3.80. The lowest BCUT2D eigenvalue weighted by Gasteiger charge is -2.37. The largest absolute Gasteiger partial charge is 0.353 e. The predicted octanol–water partition coefficient (Wildman–Crippen LogP) is 2.66. The summed E-state index contributed by atoms with van der Waals surface area (Å²) >= 11 is 1.73. The van der Waals surface area contributed by atoms with Gasteiger partial charge in [-0.3, -0.25) is 4.99 Å². The molecule has 7 heteroatoms. The molecule has 0 radical (unpaired) electrons. The number of hydrogen-bond donors (Lipinski definition) is 1. The summed E-state index contributed by atoms with van der Waals surface area (Å²) in [5.41, 5.74) is 1.30. The molecule has 0 aliphatic carbocycles. The van der Waals surface area contributed by atoms with Crippen LogP contribution in [0.25, 0.3) is 0 Å². The molecule has 0 spiro atoms. The highest BCUT2D eigenvalue weighted by molar-refractivity contribution is 14.0. The third-order valence-corrected chi connectivity index (χ3v) is 4.53. The van der Waals surface area contributed by atoms with Crippen LogP contribution in [0.3, 0.4) is 0 Å². The van der Waals surface area contributed by atoms with Crippen molar-refractivity contribution in [1.29, 1.82) is 0 Å². The van der Waals surface area contributed by atoms with Gasteiger partial charge in [-0.1, -0.05) is 6.07 Å². The Balaban J connectivity index is 0.00000192. The zero-order chi connectivity index (χ0) is 15.2. The van der Waals surface area contributed by atoms with Crippen molar-refractivity contribution in [2.75, 3.05) is 38.1 Å². The van der Waals surface area contributed by atoms with Gasteiger partial charge < -0.3 is 15.1 Å². The zero-order valence-corrected chi connectivity index (χ0v) is 16.3. The second-order valence-corrected chi connectivity index (χ2v) is 5.97. The number of nitrogens with zero attached hydrogens (tertiary/aromatic N) is 4. The average molecular weight is 443 g/mol. The maximum absolute atomic E-state index is 4.43. The number of nitrogens with one attached hydrogen (secondary N) is 1. The van der Waals surface area contributed by atoms with Gasteiger partial charge in [0.15, 0.2) is 5.96 Å². The van der Waals surface area contributed by atoms with E-state index in [0.717, 1.165) is 44.5 Å². The summed E-state index contributed by atoms with van der Waals surface area (Å²) in [7, 11) is 1.85. The van der Waals surface area contributed by atoms with Gasteiger partial charge in [-0.15, -0.1) is 24.0 Å². The number of rotatable bonds is 3. The van der Waals surface area contributed by atoms with Crippen molar-refractivity contribution >= 4 is 47.1 Å². The first-order valence-electron chi connectivity index (χ1n) is 7.49. The summed E-state index contributed by atoms with van der Waals surface area (Å²) < 4.78 is 0. The van der Waals surface area contributed by atoms with E-state index in [4.69, 9.17) is 0 Å². The van der Waals surface area contributed by atoms with Gasteiger partial charge in [0, 0.05) is 46.0 Å². The van der Waals surface area contributed by atoms with E-state index in [9.17, 15) is 0 Å². The van der Waals surface area contributed by atoms with Crippen LogP contribution in [0.15, 0.2) is 46.2 Å². The van der Waals surface area contributed by atoms with Gasteiger partial charge in [0.05, 0.1) is 0 Å². The van der Waals surface area contributed by atoms with Crippen molar-refractivity contribution in [3.8, 4) is 0 Å². The van der Waals surface area contributed by atoms with Gasteiger partial charge in [0.2, 0.25) is 0 Å². The summed E-state index contributed by atoms with van der Waals surface area (Å²) in [6.07, 6.45) is 1.85. The average Bonchev–Trinajstić information content (AvgIpc) is 3.10. The molecule has 1 aliphatic rings. The van der Waals surface area contributed by atoms with Gasteiger partial charge in [-0.25, -0.2) is 4.98 Å². The normalized spacial score (nSPS) is 15.3. The number of thiophene rings is 1. The van der Waals surface area contributed by atoms with E-state index in [1.54, 1.807) is 11.3 Å². The van der Waals surface area contributed by atoms with Gasteiger partial charge in [-0.05, 0) is 34.5 Å². The van der Waals surface area contributed by atoms with E-state index in [2.05, 4.69) is 48.0 Å². The lowest BCUT2D eigenvalue weighted by Crippen LogP contribution is -2.52. The fourth-order valence-electron chi connectivity index (χ4n) is 2.59. The molecule has 3 heterocycles. The predicted molar refractivity (Wildman–Crippen MR) is 108 cm³/mol. The van der Waals surface area contributed by atoms with Crippen LogP contribution in [0.2, 0.25) is 0 Å². The maximum atomic E-state index is 4.43. The molecule has 124 valence electrons. The van der Waals surface area contributed by atoms with E-state index in [0.29, 0.717) is 0 Å². The third kappa shape index (κ3) is 4.81. The zero-order valence-electron chi connectivity index (χ0n) is 13.2. The van der Waals surface area contributed by atoms with Crippen LogP contribution in [-0.2, 0) is 6.54 Å². The standard InChI is InChI=1S/C16H21N5S.HI/c1-17-16(19-12-14-5-11-22-13-14)21-9-7-20(8-10-21)15-4-2-3-6-18-15;/h2-6,11,13H,7-10,12H2,1H3,(H,17,19);1H. The first-order valence-corrected chi connectivity index (χ1v) is 8.44. The van der Waals surface area contributed by atoms with Crippen LogP contribution in [-0.4, -0.2) is 49.1 Å². The minimum Gasteiger partial charge on any atom is -0.353 e. The minimum absolute atomic E-state index is 0. The monoisotopic (exact) mass is 443 g/mol. The maximum Gasteiger partial charge on any atom is 0.194 e. The van der Waals surface area contributed by atoms with Crippen molar-refractivity contribution in [3.05, 3.63) is 46.8 Å². The fourth-order valence-corrected chi connectivity index (χ4v) is 3.26. The number of guanidine groups is 1. The summed E-state index contributed by atoms with van der Waals surface area (Å²) in [6.45, 7) is 4.68. The Kier molecular flexibility index (Phi) is 7.10. The fraction of sp³-hybridized carbons (Fsp3) is 0.375. The molecule has 23 heavy (non-hydrogen) atoms. The van der Waals surface area contributed by atoms with Crippen LogP contribution in [0.4, 0.5) is 5.82 Å². The lowest BCUT2D eigenvalue weighted by atomic mass is 10.3. The topological polar surface area (TPSA) is 43.8 Å². The molecule has 2 aromatic heterocycles. The Hall–Kier alpha value is -1.35. The smallest absolute Gasteiger partial charge is 0.194 e. The molecule has 2 aromatic rings. The summed E-state index contributed by atoms with van der Waals surface area (Å²) in [4.78, 5) is 13.5. The Morgan fingerprint density at radius 2 is 2.09 bits per heavy atom. The lowest BCUT2D eigenvalue weighted by molar-refractivity contribution is 0.371. The number of aromatic nitrogens is 1. The van der Waals surface area contributed by atoms with Gasteiger partial charge in [0.1, 0.15) is 5.82 Å². The van der Waals surface area contributed by atoms with Gasteiger partial charge >= 0.3 is 0 Å². The van der Waals surface area contributed by atoms with Crippen LogP contribution in [0, 0.1) is 0 Å². The van der Waals surface area contributed by atoms with E-state index < -0.39 is 0 Å². The van der Waals surface area contributed by atoms with Crippen LogP contribution < -0.4 is 10.2 Å². The van der Waals surface area contributed by atoms with Crippen molar-refractivity contribution in [1.82, 2.24) is 15.2 Å². The van der Waals surface area contributed by atoms with Crippen molar-refractivity contribution < 1.29 is 0 Å². The van der Waals surface area contributed by atoms with E-state index in [1.807, 2.05) is 25.4 Å². The Morgan fingerprint density at radius 1 is 1.26 bits per heavy atom. The summed E-state index contributed by atoms with van der Waals surface area (Å²) in [5.74, 6) is 2.04. The first-order chi connectivity index (χ1) is 10.9.